The van der Waals surface area contributed by atoms with Crippen LogP contribution in [-0.4, -0.2) is 46.6 Å². The smallest absolute Gasteiger partial charge is 0.182 e. The molecule has 0 unspecified atom stereocenters. The van der Waals surface area contributed by atoms with Gasteiger partial charge < -0.3 is 9.47 Å². The SMILES string of the molecule is Cc1nnsc1CN1CCC2(C1)OCCO2. The van der Waals surface area contributed by atoms with Crippen molar-refractivity contribution in [2.24, 2.45) is 0 Å². The van der Waals surface area contributed by atoms with Gasteiger partial charge in [0.1, 0.15) is 0 Å². The van der Waals surface area contributed by atoms with E-state index in [1.54, 1.807) is 0 Å². The zero-order valence-electron chi connectivity index (χ0n) is 9.31. The van der Waals surface area contributed by atoms with Gasteiger partial charge in [-0.05, 0) is 18.5 Å². The molecule has 1 aromatic rings. The molecule has 0 N–H and O–H groups in total. The number of ether oxygens (including phenoxy) is 2. The predicted octanol–water partition coefficient (Wildman–Crippen LogP) is 0.795. The highest BCUT2D eigenvalue weighted by molar-refractivity contribution is 7.05. The topological polar surface area (TPSA) is 47.5 Å². The fourth-order valence-electron chi connectivity index (χ4n) is 2.29. The molecular formula is C10H15N3O2S. The second-order valence-corrected chi connectivity index (χ2v) is 5.19. The van der Waals surface area contributed by atoms with Gasteiger partial charge in [-0.3, -0.25) is 4.90 Å². The Morgan fingerprint density at radius 2 is 2.25 bits per heavy atom. The Kier molecular flexibility index (Phi) is 2.67. The van der Waals surface area contributed by atoms with Gasteiger partial charge in [0.2, 0.25) is 0 Å². The third kappa shape index (κ3) is 1.86. The molecule has 6 heteroatoms. The molecule has 2 saturated heterocycles. The molecule has 1 aromatic heterocycles. The van der Waals surface area contributed by atoms with E-state index in [-0.39, 0.29) is 5.79 Å². The lowest BCUT2D eigenvalue weighted by atomic mass is 10.2. The van der Waals surface area contributed by atoms with Gasteiger partial charge in [-0.2, -0.15) is 0 Å². The normalized spacial score (nSPS) is 24.6. The summed E-state index contributed by atoms with van der Waals surface area (Å²) in [5.74, 6) is -0.313. The molecule has 1 spiro atoms. The van der Waals surface area contributed by atoms with E-state index in [1.807, 2.05) is 6.92 Å². The van der Waals surface area contributed by atoms with E-state index in [4.69, 9.17) is 9.47 Å². The largest absolute Gasteiger partial charge is 0.346 e. The Hall–Kier alpha value is -0.560. The van der Waals surface area contributed by atoms with Gasteiger partial charge in [0.05, 0.1) is 30.3 Å². The van der Waals surface area contributed by atoms with Crippen LogP contribution in [0.25, 0.3) is 0 Å². The zero-order chi connectivity index (χ0) is 11.0. The first kappa shape index (κ1) is 10.6. The van der Waals surface area contributed by atoms with E-state index in [0.29, 0.717) is 0 Å². The second-order valence-electron chi connectivity index (χ2n) is 4.35. The van der Waals surface area contributed by atoms with Crippen molar-refractivity contribution in [2.45, 2.75) is 25.7 Å². The molecule has 3 heterocycles. The van der Waals surface area contributed by atoms with Crippen LogP contribution in [0.15, 0.2) is 0 Å². The van der Waals surface area contributed by atoms with Crippen molar-refractivity contribution in [3.63, 3.8) is 0 Å². The average molecular weight is 241 g/mol. The van der Waals surface area contributed by atoms with Crippen molar-refractivity contribution in [3.8, 4) is 0 Å². The lowest BCUT2D eigenvalue weighted by Gasteiger charge is -2.22. The van der Waals surface area contributed by atoms with Crippen LogP contribution in [0, 0.1) is 6.92 Å². The van der Waals surface area contributed by atoms with E-state index >= 15 is 0 Å². The van der Waals surface area contributed by atoms with Gasteiger partial charge in [0.15, 0.2) is 5.79 Å². The van der Waals surface area contributed by atoms with Crippen molar-refractivity contribution >= 4 is 11.5 Å². The van der Waals surface area contributed by atoms with E-state index in [1.165, 1.54) is 16.4 Å². The molecule has 5 nitrogen and oxygen atoms in total. The Labute approximate surface area is 98.5 Å². The third-order valence-corrected chi connectivity index (χ3v) is 4.01. The summed E-state index contributed by atoms with van der Waals surface area (Å²) >= 11 is 1.48. The van der Waals surface area contributed by atoms with E-state index in [2.05, 4.69) is 14.5 Å². The number of hydrogen-bond acceptors (Lipinski definition) is 6. The van der Waals surface area contributed by atoms with Crippen LogP contribution in [0.2, 0.25) is 0 Å². The zero-order valence-corrected chi connectivity index (χ0v) is 10.1. The first-order valence-electron chi connectivity index (χ1n) is 5.56. The highest BCUT2D eigenvalue weighted by atomic mass is 32.1. The lowest BCUT2D eigenvalue weighted by molar-refractivity contribution is -0.145. The maximum Gasteiger partial charge on any atom is 0.182 e. The summed E-state index contributed by atoms with van der Waals surface area (Å²) in [5, 5.41) is 4.03. The highest BCUT2D eigenvalue weighted by Crippen LogP contribution is 2.31. The molecule has 0 amide bonds. The second kappa shape index (κ2) is 4.03. The molecule has 16 heavy (non-hydrogen) atoms. The van der Waals surface area contributed by atoms with Gasteiger partial charge in [-0.15, -0.1) is 5.10 Å². The molecule has 0 aliphatic carbocycles. The van der Waals surface area contributed by atoms with Gasteiger partial charge in [0.25, 0.3) is 0 Å². The Bertz CT molecular complexity index is 376. The van der Waals surface area contributed by atoms with Crippen molar-refractivity contribution in [3.05, 3.63) is 10.6 Å². The molecule has 0 aromatic carbocycles. The highest BCUT2D eigenvalue weighted by Gasteiger charge is 2.43. The van der Waals surface area contributed by atoms with Gasteiger partial charge >= 0.3 is 0 Å². The van der Waals surface area contributed by atoms with Crippen molar-refractivity contribution in [1.82, 2.24) is 14.5 Å². The van der Waals surface area contributed by atoms with Crippen molar-refractivity contribution < 1.29 is 9.47 Å². The molecular weight excluding hydrogens is 226 g/mol. The molecule has 0 saturated carbocycles. The summed E-state index contributed by atoms with van der Waals surface area (Å²) in [6.45, 7) is 6.27. The molecule has 0 bridgehead atoms. The number of nitrogens with zero attached hydrogens (tertiary/aromatic N) is 3. The number of aryl methyl sites for hydroxylation is 1. The summed E-state index contributed by atoms with van der Waals surface area (Å²) in [5.41, 5.74) is 1.04. The molecule has 0 atom stereocenters. The fraction of sp³-hybridized carbons (Fsp3) is 0.800. The van der Waals surface area contributed by atoms with Crippen LogP contribution >= 0.6 is 11.5 Å². The Morgan fingerprint density at radius 1 is 1.44 bits per heavy atom. The van der Waals surface area contributed by atoms with Crippen LogP contribution in [0.3, 0.4) is 0 Å². The number of hydrogen-bond donors (Lipinski definition) is 0. The molecule has 2 aliphatic heterocycles. The van der Waals surface area contributed by atoms with Crippen LogP contribution in [0.1, 0.15) is 17.0 Å². The molecule has 3 rings (SSSR count). The van der Waals surface area contributed by atoms with Crippen LogP contribution in [0.5, 0.6) is 0 Å². The summed E-state index contributed by atoms with van der Waals surface area (Å²) in [6, 6.07) is 0. The van der Waals surface area contributed by atoms with E-state index < -0.39 is 0 Å². The summed E-state index contributed by atoms with van der Waals surface area (Å²) in [6.07, 6.45) is 0.971. The first-order valence-corrected chi connectivity index (χ1v) is 6.33. The van der Waals surface area contributed by atoms with E-state index in [0.717, 1.165) is 45.0 Å². The van der Waals surface area contributed by atoms with Gasteiger partial charge in [-0.1, -0.05) is 4.49 Å². The molecule has 88 valence electrons. The minimum absolute atomic E-state index is 0.313. The third-order valence-electron chi connectivity index (χ3n) is 3.20. The van der Waals surface area contributed by atoms with Gasteiger partial charge in [0, 0.05) is 19.5 Å². The van der Waals surface area contributed by atoms with Crippen molar-refractivity contribution in [1.29, 1.82) is 0 Å². The molecule has 2 fully saturated rings. The quantitative estimate of drug-likeness (QED) is 0.766. The predicted molar refractivity (Wildman–Crippen MR) is 59.2 cm³/mol. The number of aromatic nitrogens is 2. The average Bonchev–Trinajstić information content (AvgIpc) is 2.96. The lowest BCUT2D eigenvalue weighted by Crippen LogP contribution is -2.34. The Balaban J connectivity index is 1.64. The standard InChI is InChI=1S/C10H15N3O2S/c1-8-9(16-12-11-8)6-13-3-2-10(7-13)14-4-5-15-10/h2-7H2,1H3. The maximum absolute atomic E-state index is 5.69. The van der Waals surface area contributed by atoms with Gasteiger partial charge in [-0.25, -0.2) is 0 Å². The molecule has 0 radical (unpaired) electrons. The van der Waals surface area contributed by atoms with E-state index in [9.17, 15) is 0 Å². The van der Waals surface area contributed by atoms with Crippen LogP contribution in [-0.2, 0) is 16.0 Å². The monoisotopic (exact) mass is 241 g/mol. The summed E-state index contributed by atoms with van der Waals surface area (Å²) in [7, 11) is 0. The Morgan fingerprint density at radius 3 is 2.94 bits per heavy atom. The number of rotatable bonds is 2. The fourth-order valence-corrected chi connectivity index (χ4v) is 2.97. The first-order chi connectivity index (χ1) is 7.77. The minimum Gasteiger partial charge on any atom is -0.346 e. The minimum atomic E-state index is -0.313. The summed E-state index contributed by atoms with van der Waals surface area (Å²) < 4.78 is 15.3. The van der Waals surface area contributed by atoms with Crippen LogP contribution < -0.4 is 0 Å². The van der Waals surface area contributed by atoms with Crippen molar-refractivity contribution in [2.75, 3.05) is 26.3 Å². The summed E-state index contributed by atoms with van der Waals surface area (Å²) in [4.78, 5) is 3.60. The number of likely N-dealkylation sites (tertiary alicyclic amines) is 1. The van der Waals surface area contributed by atoms with Crippen LogP contribution in [0.4, 0.5) is 0 Å². The maximum atomic E-state index is 5.69. The molecule has 2 aliphatic rings.